The van der Waals surface area contributed by atoms with Gasteiger partial charge < -0.3 is 19.1 Å². The third-order valence-electron chi connectivity index (χ3n) is 20.9. The average molecular weight is 1070 g/mol. The van der Waals surface area contributed by atoms with Crippen LogP contribution in [0.4, 0.5) is 51.2 Å². The summed E-state index contributed by atoms with van der Waals surface area (Å²) < 4.78 is 7.69. The number of rotatable bonds is 5. The Morgan fingerprint density at radius 2 is 0.852 bits per heavy atom. The van der Waals surface area contributed by atoms with Gasteiger partial charge in [0.15, 0.2) is 0 Å². The smallest absolute Gasteiger partial charge is 0.297 e. The molecule has 2 aliphatic heterocycles. The average Bonchev–Trinajstić information content (AvgIpc) is 2.16. The molecule has 8 aromatic rings. The maximum atomic E-state index is 7.69. The second-order valence-electron chi connectivity index (χ2n) is 31.5. The fraction of sp³-hybridized carbons (Fsp3) is 0.421. The Morgan fingerprint density at radius 3 is 1.37 bits per heavy atom. The topological polar surface area (TPSA) is 22.9 Å². The van der Waals surface area contributed by atoms with Gasteiger partial charge in [-0.15, -0.1) is 0 Å². The van der Waals surface area contributed by atoms with Gasteiger partial charge >= 0.3 is 0 Å². The molecule has 0 atom stereocenters. The number of anilines is 9. The van der Waals surface area contributed by atoms with E-state index in [0.717, 1.165) is 71.5 Å². The number of fused-ring (bicyclic) bond motifs is 9. The minimum Gasteiger partial charge on any atom is -0.468 e. The third kappa shape index (κ3) is 8.41. The van der Waals surface area contributed by atoms with Crippen molar-refractivity contribution in [3.05, 3.63) is 178 Å². The summed E-state index contributed by atoms with van der Waals surface area (Å²) in [5, 5.41) is 1.16. The van der Waals surface area contributed by atoms with Crippen molar-refractivity contribution in [2.45, 2.75) is 206 Å². The van der Waals surface area contributed by atoms with Gasteiger partial charge in [-0.05, 0) is 216 Å². The molecule has 13 rings (SSSR count). The highest BCUT2D eigenvalue weighted by Crippen LogP contribution is 2.56. The third-order valence-corrected chi connectivity index (χ3v) is 20.9. The molecular weight excluding hydrogens is 982 g/mol. The van der Waals surface area contributed by atoms with Crippen molar-refractivity contribution >= 4 is 85.5 Å². The van der Waals surface area contributed by atoms with Crippen molar-refractivity contribution in [3.8, 4) is 0 Å². The molecule has 0 saturated heterocycles. The summed E-state index contributed by atoms with van der Waals surface area (Å²) in [7, 11) is 0. The van der Waals surface area contributed by atoms with Gasteiger partial charge in [0, 0.05) is 45.2 Å². The number of benzene rings is 7. The van der Waals surface area contributed by atoms with E-state index in [1.807, 2.05) is 0 Å². The maximum Gasteiger partial charge on any atom is 0.297 e. The van der Waals surface area contributed by atoms with Crippen LogP contribution in [-0.4, -0.2) is 6.71 Å². The summed E-state index contributed by atoms with van der Waals surface area (Å²) in [6.45, 7) is 43.4. The van der Waals surface area contributed by atoms with E-state index in [9.17, 15) is 0 Å². The van der Waals surface area contributed by atoms with Gasteiger partial charge in [0.25, 0.3) is 6.71 Å². The lowest BCUT2D eigenvalue weighted by atomic mass is 9.35. The lowest BCUT2D eigenvalue weighted by molar-refractivity contribution is 0.332. The summed E-state index contributed by atoms with van der Waals surface area (Å²) in [4.78, 5) is 7.88. The molecule has 0 spiro atoms. The number of hydrogen-bond donors (Lipinski definition) is 0. The van der Waals surface area contributed by atoms with Crippen molar-refractivity contribution in [1.82, 2.24) is 0 Å². The quantitative estimate of drug-likeness (QED) is 0.160. The molecule has 0 N–H and O–H groups in total. The lowest BCUT2D eigenvalue weighted by Crippen LogP contribution is -2.61. The molecule has 4 nitrogen and oxygen atoms in total. The number of furan rings is 1. The van der Waals surface area contributed by atoms with Crippen LogP contribution < -0.4 is 31.3 Å². The second-order valence-corrected chi connectivity index (χ2v) is 31.5. The Morgan fingerprint density at radius 1 is 0.407 bits per heavy atom. The van der Waals surface area contributed by atoms with Gasteiger partial charge in [0.05, 0.1) is 17.0 Å². The second kappa shape index (κ2) is 17.5. The summed E-state index contributed by atoms with van der Waals surface area (Å²) in [6, 6.07) is 53.0. The van der Waals surface area contributed by atoms with Gasteiger partial charge in [0.2, 0.25) is 0 Å². The predicted octanol–water partition coefficient (Wildman–Crippen LogP) is 19.6. The van der Waals surface area contributed by atoms with Crippen LogP contribution in [0.5, 0.6) is 0 Å². The fourth-order valence-corrected chi connectivity index (χ4v) is 15.2. The molecule has 1 aromatic heterocycles. The SMILES string of the molecule is CC(C)(C)c1ccc(N(c2ccccc2)c2cc3c4c(c2)N(c2ccc5c(c2)C(C)(C)CCC5(C)C)c2c(oc5ccc(C(C)(C)C)cc25)B4c2cc4c(cc2N3c2ccc3c(c2)C(C)(C)CCC3(C)C)C(C)(C)CCC4(C)C)cc1. The molecule has 0 fully saturated rings. The first kappa shape index (κ1) is 53.8. The van der Waals surface area contributed by atoms with E-state index >= 15 is 0 Å². The Kier molecular flexibility index (Phi) is 11.7. The first-order valence-electron chi connectivity index (χ1n) is 30.7. The molecule has 81 heavy (non-hydrogen) atoms. The van der Waals surface area contributed by atoms with E-state index in [-0.39, 0.29) is 50.0 Å². The monoisotopic (exact) mass is 1070 g/mol. The van der Waals surface area contributed by atoms with Crippen LogP contribution in [0.1, 0.15) is 208 Å². The molecule has 0 amide bonds. The maximum absolute atomic E-state index is 7.69. The van der Waals surface area contributed by atoms with Crippen molar-refractivity contribution in [2.75, 3.05) is 14.7 Å². The largest absolute Gasteiger partial charge is 0.468 e. The van der Waals surface area contributed by atoms with Crippen LogP contribution >= 0.6 is 0 Å². The number of hydrogen-bond acceptors (Lipinski definition) is 4. The summed E-state index contributed by atoms with van der Waals surface area (Å²) >= 11 is 0. The van der Waals surface area contributed by atoms with E-state index < -0.39 is 0 Å². The van der Waals surface area contributed by atoms with Gasteiger partial charge in [-0.3, -0.25) is 0 Å². The molecule has 0 radical (unpaired) electrons. The van der Waals surface area contributed by atoms with Gasteiger partial charge in [-0.2, -0.15) is 0 Å². The van der Waals surface area contributed by atoms with Crippen molar-refractivity contribution in [1.29, 1.82) is 0 Å². The van der Waals surface area contributed by atoms with E-state index in [1.165, 1.54) is 90.3 Å². The number of para-hydroxylation sites is 1. The van der Waals surface area contributed by atoms with Crippen molar-refractivity contribution < 1.29 is 4.42 Å². The van der Waals surface area contributed by atoms with E-state index in [1.54, 1.807) is 0 Å². The van der Waals surface area contributed by atoms with Crippen LogP contribution in [0.3, 0.4) is 0 Å². The first-order valence-corrected chi connectivity index (χ1v) is 30.7. The highest BCUT2D eigenvalue weighted by Gasteiger charge is 2.50. The van der Waals surface area contributed by atoms with Crippen molar-refractivity contribution in [3.63, 3.8) is 0 Å². The predicted molar refractivity (Wildman–Crippen MR) is 348 cm³/mol. The molecule has 3 aliphatic carbocycles. The van der Waals surface area contributed by atoms with Gasteiger partial charge in [-0.1, -0.05) is 179 Å². The van der Waals surface area contributed by atoms with Crippen LogP contribution in [0, 0.1) is 0 Å². The minimum absolute atomic E-state index is 0.00527. The standard InChI is InChI=1S/C76H88BN3O/c1-69(2,3)47-24-27-50(28-25-47)78(49-22-20-19-21-23-49)53-43-63-66-64(44-53)80(52-30-32-56-58(42-52)74(13,14)37-35-72(56,9)10)67-54-40-48(70(4,5)6)26-33-65(54)81-68(67)77(66)61-45-59-60(76(17,18)39-38-75(59,15)16)46-62(61)79(63)51-29-31-55-57(41-51)73(11,12)36-34-71(55,7)8/h19-33,40-46H,34-39H2,1-18H3. The van der Waals surface area contributed by atoms with E-state index in [0.29, 0.717) is 0 Å². The number of nitrogens with zero attached hydrogens (tertiary/aromatic N) is 3. The normalized spacial score (nSPS) is 19.5. The highest BCUT2D eigenvalue weighted by molar-refractivity contribution is 7.00. The zero-order valence-corrected chi connectivity index (χ0v) is 52.3. The Labute approximate surface area is 486 Å². The van der Waals surface area contributed by atoms with Gasteiger partial charge in [-0.25, -0.2) is 0 Å². The first-order chi connectivity index (χ1) is 37.9. The summed E-state index contributed by atoms with van der Waals surface area (Å²) in [6.07, 6.45) is 6.88. The Hall–Kier alpha value is -6.46. The van der Waals surface area contributed by atoms with Crippen LogP contribution in [-0.2, 0) is 43.3 Å². The van der Waals surface area contributed by atoms with Crippen LogP contribution in [0.15, 0.2) is 138 Å². The van der Waals surface area contributed by atoms with Crippen LogP contribution in [0.2, 0.25) is 0 Å². The molecule has 0 unspecified atom stereocenters. The zero-order valence-electron chi connectivity index (χ0n) is 52.3. The fourth-order valence-electron chi connectivity index (χ4n) is 15.2. The highest BCUT2D eigenvalue weighted by atomic mass is 16.3. The molecule has 0 bridgehead atoms. The Bertz CT molecular complexity index is 3870. The molecule has 416 valence electrons. The molecule has 5 heteroatoms. The van der Waals surface area contributed by atoms with E-state index in [4.69, 9.17) is 4.42 Å². The molecule has 3 heterocycles. The summed E-state index contributed by atoms with van der Waals surface area (Å²) in [5.41, 5.74) is 26.5. The van der Waals surface area contributed by atoms with Gasteiger partial charge in [0.1, 0.15) is 5.58 Å². The molecule has 5 aliphatic rings. The molecule has 7 aromatic carbocycles. The summed E-state index contributed by atoms with van der Waals surface area (Å²) in [5.74, 6) is 0. The zero-order chi connectivity index (χ0) is 57.5. The molecule has 0 saturated carbocycles. The van der Waals surface area contributed by atoms with Crippen molar-refractivity contribution in [2.24, 2.45) is 0 Å². The lowest BCUT2D eigenvalue weighted by Gasteiger charge is -2.47. The Balaban J connectivity index is 1.21. The molecular formula is C76H88BN3O. The van der Waals surface area contributed by atoms with Crippen LogP contribution in [0.25, 0.3) is 11.0 Å². The van der Waals surface area contributed by atoms with E-state index in [2.05, 4.69) is 273 Å². The minimum atomic E-state index is -0.199.